The van der Waals surface area contributed by atoms with Crippen LogP contribution < -0.4 is 21.3 Å². The molecule has 0 spiro atoms. The van der Waals surface area contributed by atoms with Crippen LogP contribution in [-0.4, -0.2) is 59.4 Å². The highest BCUT2D eigenvalue weighted by molar-refractivity contribution is 5.97. The Hall–Kier alpha value is -4.39. The highest BCUT2D eigenvalue weighted by Crippen LogP contribution is 2.24. The van der Waals surface area contributed by atoms with Crippen LogP contribution in [0.2, 0.25) is 0 Å². The van der Waals surface area contributed by atoms with E-state index in [-0.39, 0.29) is 5.69 Å². The first-order valence-corrected chi connectivity index (χ1v) is 10.6. The first kappa shape index (κ1) is 26.2. The highest BCUT2D eigenvalue weighted by Gasteiger charge is 2.38. The van der Waals surface area contributed by atoms with Crippen molar-refractivity contribution in [2.24, 2.45) is 5.73 Å². The molecule has 0 atom stereocenters. The van der Waals surface area contributed by atoms with Gasteiger partial charge in [-0.05, 0) is 42.5 Å². The molecule has 0 aliphatic carbocycles. The number of nitrogens with zero attached hydrogens (tertiary/aromatic N) is 3. The molecule has 1 fully saturated rings. The number of carboxylic acid groups (broad SMARTS) is 1. The molecule has 13 heteroatoms. The van der Waals surface area contributed by atoms with Crippen LogP contribution in [0, 0.1) is 0 Å². The van der Waals surface area contributed by atoms with Gasteiger partial charge in [0.05, 0.1) is 18.9 Å². The van der Waals surface area contributed by atoms with Gasteiger partial charge in [0.2, 0.25) is 0 Å². The fourth-order valence-corrected chi connectivity index (χ4v) is 3.16. The maximum absolute atomic E-state index is 11.5. The summed E-state index contributed by atoms with van der Waals surface area (Å²) < 4.78 is 37.1. The molecule has 3 aromatic rings. The van der Waals surface area contributed by atoms with Crippen LogP contribution in [0.5, 0.6) is 0 Å². The van der Waals surface area contributed by atoms with E-state index in [0.717, 1.165) is 37.7 Å². The van der Waals surface area contributed by atoms with E-state index in [4.69, 9.17) is 20.4 Å². The molecular formula is C23H23F3N6O4. The largest absolute Gasteiger partial charge is 0.490 e. The summed E-state index contributed by atoms with van der Waals surface area (Å²) in [5.41, 5.74) is 9.01. The number of anilines is 5. The fraction of sp³-hybridized carbons (Fsp3) is 0.217. The zero-order chi connectivity index (χ0) is 26.1. The van der Waals surface area contributed by atoms with Crippen LogP contribution in [0.15, 0.2) is 60.9 Å². The molecule has 1 amide bonds. The molecule has 0 radical (unpaired) electrons. The molecule has 5 N–H and O–H groups in total. The number of hydrogen-bond donors (Lipinski definition) is 4. The number of ether oxygens (including phenoxy) is 1. The van der Waals surface area contributed by atoms with E-state index in [9.17, 15) is 18.0 Å². The lowest BCUT2D eigenvalue weighted by Gasteiger charge is -2.28. The molecule has 1 aliphatic heterocycles. The first-order chi connectivity index (χ1) is 17.1. The van der Waals surface area contributed by atoms with Gasteiger partial charge in [0.15, 0.2) is 5.69 Å². The van der Waals surface area contributed by atoms with Crippen molar-refractivity contribution in [1.82, 2.24) is 9.97 Å². The molecule has 1 aromatic carbocycles. The van der Waals surface area contributed by atoms with E-state index in [2.05, 4.69) is 37.6 Å². The molecule has 0 bridgehead atoms. The van der Waals surface area contributed by atoms with Crippen molar-refractivity contribution in [2.75, 3.05) is 41.8 Å². The van der Waals surface area contributed by atoms with Gasteiger partial charge in [-0.25, -0.2) is 14.8 Å². The number of alkyl halides is 3. The second kappa shape index (κ2) is 11.8. The summed E-state index contributed by atoms with van der Waals surface area (Å²) in [6.45, 7) is 3.34. The Labute approximate surface area is 203 Å². The molecule has 0 saturated carbocycles. The molecule has 36 heavy (non-hydrogen) atoms. The minimum absolute atomic E-state index is 0.192. The van der Waals surface area contributed by atoms with Crippen LogP contribution in [-0.2, 0) is 9.53 Å². The number of carbonyl (C=O) groups excluding carboxylic acids is 1. The van der Waals surface area contributed by atoms with Crippen LogP contribution in [0.25, 0.3) is 0 Å². The Morgan fingerprint density at radius 2 is 1.64 bits per heavy atom. The van der Waals surface area contributed by atoms with Gasteiger partial charge in [-0.2, -0.15) is 13.2 Å². The maximum atomic E-state index is 11.5. The van der Waals surface area contributed by atoms with Gasteiger partial charge in [-0.1, -0.05) is 0 Å². The zero-order valence-electron chi connectivity index (χ0n) is 18.8. The van der Waals surface area contributed by atoms with Gasteiger partial charge in [0, 0.05) is 48.6 Å². The number of morpholine rings is 1. The van der Waals surface area contributed by atoms with Crippen molar-refractivity contribution in [3.8, 4) is 0 Å². The number of nitrogens with two attached hydrogens (primary N) is 1. The quantitative estimate of drug-likeness (QED) is 0.396. The van der Waals surface area contributed by atoms with Crippen molar-refractivity contribution in [3.63, 3.8) is 0 Å². The predicted octanol–water partition coefficient (Wildman–Crippen LogP) is 3.53. The first-order valence-electron chi connectivity index (χ1n) is 10.6. The van der Waals surface area contributed by atoms with Gasteiger partial charge in [-0.3, -0.25) is 4.79 Å². The standard InChI is InChI=1S/C21H22N6O2.C2HF3O2/c22-21(28)20-18(2-1-8-24-20)25-16-7-9-23-19(14-16)26-15-3-5-17(6-4-15)27-10-12-29-13-11-27;3-2(4,5)1(6)7/h1-9,14H,10-13H2,(H2,22,28)(H2,23,25,26);(H,6,7). The zero-order valence-corrected chi connectivity index (χ0v) is 18.8. The normalized spacial score (nSPS) is 13.2. The van der Waals surface area contributed by atoms with E-state index in [1.165, 1.54) is 11.9 Å². The number of benzene rings is 1. The monoisotopic (exact) mass is 504 g/mol. The average Bonchev–Trinajstić information content (AvgIpc) is 2.85. The number of aromatic nitrogens is 2. The Bertz CT molecular complexity index is 1180. The SMILES string of the molecule is NC(=O)c1ncccc1Nc1ccnc(Nc2ccc(N3CCOCC3)cc2)c1.O=C(O)C(F)(F)F. The van der Waals surface area contributed by atoms with E-state index < -0.39 is 18.1 Å². The van der Waals surface area contributed by atoms with Crippen molar-refractivity contribution in [3.05, 3.63) is 66.6 Å². The number of hydrogen-bond acceptors (Lipinski definition) is 8. The van der Waals surface area contributed by atoms with E-state index in [0.29, 0.717) is 11.5 Å². The summed E-state index contributed by atoms with van der Waals surface area (Å²) in [6.07, 6.45) is -1.86. The van der Waals surface area contributed by atoms with Gasteiger partial charge in [0.1, 0.15) is 5.82 Å². The summed E-state index contributed by atoms with van der Waals surface area (Å²) in [6, 6.07) is 15.4. The minimum atomic E-state index is -5.08. The fourth-order valence-electron chi connectivity index (χ4n) is 3.16. The molecule has 10 nitrogen and oxygen atoms in total. The summed E-state index contributed by atoms with van der Waals surface area (Å²) in [4.78, 5) is 31.1. The Morgan fingerprint density at radius 1 is 0.972 bits per heavy atom. The minimum Gasteiger partial charge on any atom is -0.475 e. The van der Waals surface area contributed by atoms with Gasteiger partial charge >= 0.3 is 12.1 Å². The second-order valence-corrected chi connectivity index (χ2v) is 7.39. The molecule has 0 unspecified atom stereocenters. The summed E-state index contributed by atoms with van der Waals surface area (Å²) >= 11 is 0. The predicted molar refractivity (Wildman–Crippen MR) is 127 cm³/mol. The van der Waals surface area contributed by atoms with E-state index in [1.54, 1.807) is 18.3 Å². The molecule has 1 saturated heterocycles. The van der Waals surface area contributed by atoms with Crippen molar-refractivity contribution in [1.29, 1.82) is 0 Å². The number of carboxylic acids is 1. The third-order valence-corrected chi connectivity index (χ3v) is 4.84. The number of amides is 1. The molecular weight excluding hydrogens is 481 g/mol. The molecule has 4 rings (SSSR count). The smallest absolute Gasteiger partial charge is 0.475 e. The third kappa shape index (κ3) is 7.56. The highest BCUT2D eigenvalue weighted by atomic mass is 19.4. The number of pyridine rings is 2. The molecule has 3 heterocycles. The van der Waals surface area contributed by atoms with Crippen molar-refractivity contribution >= 4 is 40.4 Å². The number of aliphatic carboxylic acids is 1. The lowest BCUT2D eigenvalue weighted by Crippen LogP contribution is -2.36. The van der Waals surface area contributed by atoms with Gasteiger partial charge in [0.25, 0.3) is 5.91 Å². The lowest BCUT2D eigenvalue weighted by atomic mass is 10.2. The molecule has 190 valence electrons. The number of carbonyl (C=O) groups is 2. The van der Waals surface area contributed by atoms with Crippen LogP contribution in [0.1, 0.15) is 10.5 Å². The Kier molecular flexibility index (Phi) is 8.62. The average molecular weight is 504 g/mol. The number of nitrogens with one attached hydrogen (secondary N) is 2. The second-order valence-electron chi connectivity index (χ2n) is 7.39. The Morgan fingerprint density at radius 3 is 2.25 bits per heavy atom. The number of rotatable bonds is 6. The van der Waals surface area contributed by atoms with Crippen molar-refractivity contribution < 1.29 is 32.6 Å². The van der Waals surface area contributed by atoms with Crippen LogP contribution >= 0.6 is 0 Å². The van der Waals surface area contributed by atoms with E-state index >= 15 is 0 Å². The lowest BCUT2D eigenvalue weighted by molar-refractivity contribution is -0.192. The van der Waals surface area contributed by atoms with Gasteiger partial charge < -0.3 is 31.1 Å². The molecule has 1 aliphatic rings. The summed E-state index contributed by atoms with van der Waals surface area (Å²) in [5, 5.41) is 13.6. The van der Waals surface area contributed by atoms with Crippen molar-refractivity contribution in [2.45, 2.75) is 6.18 Å². The topological polar surface area (TPSA) is 143 Å². The summed E-state index contributed by atoms with van der Waals surface area (Å²) in [7, 11) is 0. The van der Waals surface area contributed by atoms with Crippen LogP contribution in [0.4, 0.5) is 41.7 Å². The van der Waals surface area contributed by atoms with Gasteiger partial charge in [-0.15, -0.1) is 0 Å². The van der Waals surface area contributed by atoms with Crippen LogP contribution in [0.3, 0.4) is 0 Å². The Balaban J connectivity index is 0.000000454. The number of halogens is 3. The molecule has 2 aromatic heterocycles. The number of primary amides is 1. The van der Waals surface area contributed by atoms with E-state index in [1.807, 2.05) is 24.3 Å². The maximum Gasteiger partial charge on any atom is 0.490 e. The summed E-state index contributed by atoms with van der Waals surface area (Å²) in [5.74, 6) is -2.66. The third-order valence-electron chi connectivity index (χ3n) is 4.84.